The molecular weight excluding hydrogens is 311 g/mol. The van der Waals surface area contributed by atoms with Crippen molar-refractivity contribution in [2.75, 3.05) is 18.1 Å². The Morgan fingerprint density at radius 2 is 1.83 bits per heavy atom. The Labute approximate surface area is 140 Å². The molecule has 2 aromatic rings. The fourth-order valence-corrected chi connectivity index (χ4v) is 3.72. The van der Waals surface area contributed by atoms with Gasteiger partial charge in [0.15, 0.2) is 0 Å². The van der Waals surface area contributed by atoms with Gasteiger partial charge in [-0.1, -0.05) is 35.9 Å². The van der Waals surface area contributed by atoms with Crippen LogP contribution in [0, 0.1) is 5.82 Å². The lowest BCUT2D eigenvalue weighted by Crippen LogP contribution is -2.39. The minimum absolute atomic E-state index is 0.145. The number of nitrogens with zero attached hydrogens (tertiary/aromatic N) is 2. The van der Waals surface area contributed by atoms with Crippen LogP contribution in [-0.2, 0) is 0 Å². The van der Waals surface area contributed by atoms with E-state index in [1.165, 1.54) is 11.8 Å². The molecule has 118 valence electrons. The van der Waals surface area contributed by atoms with Crippen LogP contribution in [-0.4, -0.2) is 18.1 Å². The minimum atomic E-state index is -0.145. The predicted octanol–water partition coefficient (Wildman–Crippen LogP) is 5.11. The van der Waals surface area contributed by atoms with Crippen molar-refractivity contribution in [3.63, 3.8) is 0 Å². The quantitative estimate of drug-likeness (QED) is 0.755. The second-order valence-electron chi connectivity index (χ2n) is 6.02. The molecule has 0 bridgehead atoms. The number of fused-ring (bicyclic) bond motifs is 1. The molecule has 0 unspecified atom stereocenters. The van der Waals surface area contributed by atoms with Gasteiger partial charge in [0.1, 0.15) is 5.82 Å². The van der Waals surface area contributed by atoms with Gasteiger partial charge in [0.05, 0.1) is 12.2 Å². The van der Waals surface area contributed by atoms with E-state index in [1.54, 1.807) is 6.07 Å². The van der Waals surface area contributed by atoms with Crippen molar-refractivity contribution >= 4 is 22.9 Å². The zero-order valence-electron chi connectivity index (χ0n) is 12.8. The predicted molar refractivity (Wildman–Crippen MR) is 92.7 cm³/mol. The number of hydrazine groups is 1. The first-order valence-corrected chi connectivity index (χ1v) is 8.39. The Morgan fingerprint density at radius 1 is 0.957 bits per heavy atom. The third-order valence-corrected chi connectivity index (χ3v) is 4.83. The number of allylic oxidation sites excluding steroid dienone is 1. The van der Waals surface area contributed by atoms with Gasteiger partial charge in [-0.2, -0.15) is 0 Å². The molecule has 0 aromatic heterocycles. The summed E-state index contributed by atoms with van der Waals surface area (Å²) in [5.74, 6) is -0.145. The van der Waals surface area contributed by atoms with E-state index in [0.717, 1.165) is 47.7 Å². The monoisotopic (exact) mass is 328 g/mol. The van der Waals surface area contributed by atoms with E-state index in [1.807, 2.05) is 30.3 Å². The molecule has 0 N–H and O–H groups in total. The van der Waals surface area contributed by atoms with Gasteiger partial charge in [-0.25, -0.2) is 4.39 Å². The summed E-state index contributed by atoms with van der Waals surface area (Å²) in [7, 11) is 0. The molecule has 0 amide bonds. The fraction of sp³-hybridized carbons (Fsp3) is 0.263. The maximum Gasteiger partial charge on any atom is 0.130 e. The first-order valence-electron chi connectivity index (χ1n) is 8.01. The molecule has 2 nitrogen and oxygen atoms in total. The van der Waals surface area contributed by atoms with Crippen LogP contribution in [0.2, 0.25) is 5.02 Å². The Balaban J connectivity index is 1.76. The maximum atomic E-state index is 14.3. The lowest BCUT2D eigenvalue weighted by atomic mass is 9.99. The molecular formula is C19H18ClFN2. The first-order chi connectivity index (χ1) is 11.2. The average Bonchev–Trinajstić information content (AvgIpc) is 2.95. The van der Waals surface area contributed by atoms with Gasteiger partial charge >= 0.3 is 0 Å². The maximum absolute atomic E-state index is 14.3. The molecule has 2 heterocycles. The normalized spacial score (nSPS) is 17.7. The highest BCUT2D eigenvalue weighted by molar-refractivity contribution is 6.30. The summed E-state index contributed by atoms with van der Waals surface area (Å²) < 4.78 is 14.3. The van der Waals surface area contributed by atoms with E-state index in [9.17, 15) is 4.39 Å². The Morgan fingerprint density at radius 3 is 2.65 bits per heavy atom. The number of anilines is 1. The largest absolute Gasteiger partial charge is 0.289 e. The van der Waals surface area contributed by atoms with Crippen LogP contribution in [0.4, 0.5) is 10.1 Å². The number of hydrogen-bond donors (Lipinski definition) is 0. The molecule has 2 aromatic carbocycles. The molecule has 0 atom stereocenters. The third kappa shape index (κ3) is 2.59. The highest BCUT2D eigenvalue weighted by Gasteiger charge is 2.33. The Hall–Kier alpha value is -2.00. The number of piperidine rings is 1. The summed E-state index contributed by atoms with van der Waals surface area (Å²) in [6, 6.07) is 14.9. The van der Waals surface area contributed by atoms with Crippen molar-refractivity contribution in [1.29, 1.82) is 0 Å². The van der Waals surface area contributed by atoms with E-state index >= 15 is 0 Å². The third-order valence-electron chi connectivity index (χ3n) is 4.60. The molecule has 23 heavy (non-hydrogen) atoms. The summed E-state index contributed by atoms with van der Waals surface area (Å²) in [6.45, 7) is 1.66. The van der Waals surface area contributed by atoms with E-state index in [-0.39, 0.29) is 5.82 Å². The Bertz CT molecular complexity index is 771. The molecule has 0 aliphatic carbocycles. The van der Waals surface area contributed by atoms with E-state index < -0.39 is 0 Å². The van der Waals surface area contributed by atoms with Crippen LogP contribution < -0.4 is 5.01 Å². The summed E-state index contributed by atoms with van der Waals surface area (Å²) in [6.07, 6.45) is 3.32. The molecule has 0 saturated carbocycles. The number of halogens is 2. The summed E-state index contributed by atoms with van der Waals surface area (Å²) in [5.41, 5.74) is 4.13. The molecule has 1 saturated heterocycles. The van der Waals surface area contributed by atoms with Crippen molar-refractivity contribution in [3.05, 3.63) is 70.6 Å². The SMILES string of the molecule is Fc1ccccc1C1=C2CCCCN2N(c2cccc(Cl)c2)C1. The molecule has 0 spiro atoms. The highest BCUT2D eigenvalue weighted by Crippen LogP contribution is 2.39. The van der Waals surface area contributed by atoms with Gasteiger partial charge in [0, 0.05) is 28.4 Å². The fourth-order valence-electron chi connectivity index (χ4n) is 3.53. The standard InChI is InChI=1S/C19H18ClFN2/c20-14-6-5-7-15(12-14)23-13-17(16-8-1-2-9-18(16)21)19-10-3-4-11-22(19)23/h1-2,5-9,12H,3-4,10-11,13H2. The highest BCUT2D eigenvalue weighted by atomic mass is 35.5. The van der Waals surface area contributed by atoms with Crippen LogP contribution in [0.3, 0.4) is 0 Å². The molecule has 4 rings (SSSR count). The number of hydrogen-bond acceptors (Lipinski definition) is 2. The van der Waals surface area contributed by atoms with Gasteiger partial charge in [0.2, 0.25) is 0 Å². The van der Waals surface area contributed by atoms with E-state index in [4.69, 9.17) is 11.6 Å². The lowest BCUT2D eigenvalue weighted by molar-refractivity contribution is 0.294. The van der Waals surface area contributed by atoms with Gasteiger partial charge in [-0.3, -0.25) is 10.0 Å². The van der Waals surface area contributed by atoms with Crippen LogP contribution in [0.25, 0.3) is 5.57 Å². The smallest absolute Gasteiger partial charge is 0.130 e. The van der Waals surface area contributed by atoms with Crippen molar-refractivity contribution < 1.29 is 4.39 Å². The van der Waals surface area contributed by atoms with Crippen molar-refractivity contribution in [2.24, 2.45) is 0 Å². The molecule has 0 radical (unpaired) electrons. The lowest BCUT2D eigenvalue weighted by Gasteiger charge is -2.36. The van der Waals surface area contributed by atoms with Gasteiger partial charge in [-0.15, -0.1) is 0 Å². The van der Waals surface area contributed by atoms with Crippen LogP contribution in [0.15, 0.2) is 54.2 Å². The zero-order valence-corrected chi connectivity index (χ0v) is 13.6. The first kappa shape index (κ1) is 14.6. The number of benzene rings is 2. The van der Waals surface area contributed by atoms with Crippen LogP contribution >= 0.6 is 11.6 Å². The second kappa shape index (κ2) is 5.89. The molecule has 2 aliphatic rings. The second-order valence-corrected chi connectivity index (χ2v) is 6.46. The molecule has 1 fully saturated rings. The van der Waals surface area contributed by atoms with E-state index in [2.05, 4.69) is 16.1 Å². The minimum Gasteiger partial charge on any atom is -0.289 e. The summed E-state index contributed by atoms with van der Waals surface area (Å²) in [5, 5.41) is 5.25. The van der Waals surface area contributed by atoms with Gasteiger partial charge in [0.25, 0.3) is 0 Å². The van der Waals surface area contributed by atoms with Crippen LogP contribution in [0.5, 0.6) is 0 Å². The van der Waals surface area contributed by atoms with Crippen LogP contribution in [0.1, 0.15) is 24.8 Å². The van der Waals surface area contributed by atoms with Crippen molar-refractivity contribution in [2.45, 2.75) is 19.3 Å². The topological polar surface area (TPSA) is 6.48 Å². The van der Waals surface area contributed by atoms with Gasteiger partial charge in [-0.05, 0) is 43.5 Å². The molecule has 2 aliphatic heterocycles. The summed E-state index contributed by atoms with van der Waals surface area (Å²) >= 11 is 6.16. The average molecular weight is 329 g/mol. The Kier molecular flexibility index (Phi) is 3.74. The number of rotatable bonds is 2. The van der Waals surface area contributed by atoms with E-state index in [0.29, 0.717) is 6.54 Å². The molecule has 4 heteroatoms. The summed E-state index contributed by atoms with van der Waals surface area (Å²) in [4.78, 5) is 0. The van der Waals surface area contributed by atoms with Crippen molar-refractivity contribution in [3.8, 4) is 0 Å². The zero-order chi connectivity index (χ0) is 15.8. The van der Waals surface area contributed by atoms with Crippen molar-refractivity contribution in [1.82, 2.24) is 5.01 Å². The van der Waals surface area contributed by atoms with Gasteiger partial charge < -0.3 is 0 Å².